The zero-order valence-corrected chi connectivity index (χ0v) is 26.1. The van der Waals surface area contributed by atoms with Gasteiger partial charge in [0.05, 0.1) is 42.6 Å². The molecule has 240 valence electrons. The topological polar surface area (TPSA) is 144 Å². The van der Waals surface area contributed by atoms with Gasteiger partial charge in [-0.2, -0.15) is 0 Å². The van der Waals surface area contributed by atoms with E-state index < -0.39 is 30.2 Å². The standard InChI is InChI=1S/C36H37NO9/c1-4-44-35(41)32-23(16-38)27(20-8-10-26(40)22(15-20)18-7-9-25-19(14-18)11-13-37-25)29-31(45-32)24(17-39)30-28(33(29)43-3)21-6-5-12-36(2,42)34(21)46-30/h7,9,11,13-14,16,21-22,34,37,39,42H,4-6,8,10,12,15,17H2,1-3H3/b27-20-/t21-,22-,34+,36-/m1/s1. The Bertz CT molecular complexity index is 1850. The maximum atomic E-state index is 13.4. The molecule has 0 unspecified atom stereocenters. The lowest BCUT2D eigenvalue weighted by Crippen LogP contribution is -2.47. The number of carbonyl (C=O) groups excluding carboxylic acids is 3. The van der Waals surface area contributed by atoms with Crippen molar-refractivity contribution in [2.45, 2.75) is 82.5 Å². The van der Waals surface area contributed by atoms with E-state index in [1.165, 1.54) is 7.11 Å². The molecule has 2 aliphatic heterocycles. The summed E-state index contributed by atoms with van der Waals surface area (Å²) in [6.45, 7) is 2.96. The predicted octanol–water partition coefficient (Wildman–Crippen LogP) is 5.15. The highest BCUT2D eigenvalue weighted by molar-refractivity contribution is 6.11. The monoisotopic (exact) mass is 627 g/mol. The SMILES string of the molecule is CCOC(=O)C1=C(C=O)/C(=C2\CCC(=O)[C@@H](c3ccc4[nH]ccc4c3)C2)c2c(c(CO)c3c(c2OC)[C@H]2CCC[C@@](C)(O)[C@H]2O3)O1. The second-order valence-corrected chi connectivity index (χ2v) is 12.7. The summed E-state index contributed by atoms with van der Waals surface area (Å²) >= 11 is 0. The number of hydrogen-bond donors (Lipinski definition) is 3. The second-order valence-electron chi connectivity index (χ2n) is 12.7. The Kier molecular flexibility index (Phi) is 7.52. The zero-order valence-electron chi connectivity index (χ0n) is 26.1. The molecule has 0 amide bonds. The molecule has 0 saturated heterocycles. The lowest BCUT2D eigenvalue weighted by Gasteiger charge is -2.37. The molecule has 10 heteroatoms. The smallest absolute Gasteiger partial charge is 0.375 e. The number of hydrogen-bond acceptors (Lipinski definition) is 9. The molecule has 4 atom stereocenters. The van der Waals surface area contributed by atoms with E-state index in [0.29, 0.717) is 59.3 Å². The van der Waals surface area contributed by atoms with E-state index in [4.69, 9.17) is 18.9 Å². The highest BCUT2D eigenvalue weighted by Crippen LogP contribution is 2.61. The number of nitrogens with one attached hydrogen (secondary N) is 1. The molecule has 3 heterocycles. The molecule has 2 fully saturated rings. The van der Waals surface area contributed by atoms with Crippen molar-refractivity contribution in [3.05, 3.63) is 69.6 Å². The van der Waals surface area contributed by atoms with Crippen molar-refractivity contribution in [1.29, 1.82) is 0 Å². The third-order valence-electron chi connectivity index (χ3n) is 10.0. The van der Waals surface area contributed by atoms with Crippen LogP contribution in [0.1, 0.15) is 86.5 Å². The molecular weight excluding hydrogens is 590 g/mol. The Balaban J connectivity index is 1.48. The first-order valence-corrected chi connectivity index (χ1v) is 15.9. The molecule has 2 aromatic carbocycles. The Morgan fingerprint density at radius 3 is 2.78 bits per heavy atom. The highest BCUT2D eigenvalue weighted by atomic mass is 16.6. The number of ketones is 1. The van der Waals surface area contributed by atoms with E-state index in [2.05, 4.69) is 4.98 Å². The van der Waals surface area contributed by atoms with Gasteiger partial charge in [-0.1, -0.05) is 11.6 Å². The van der Waals surface area contributed by atoms with Gasteiger partial charge in [0.15, 0.2) is 6.29 Å². The van der Waals surface area contributed by atoms with Crippen molar-refractivity contribution < 1.29 is 43.5 Å². The van der Waals surface area contributed by atoms with Gasteiger partial charge in [0.25, 0.3) is 0 Å². The van der Waals surface area contributed by atoms with Crippen molar-refractivity contribution in [2.75, 3.05) is 13.7 Å². The number of aldehydes is 1. The van der Waals surface area contributed by atoms with Crippen molar-refractivity contribution in [1.82, 2.24) is 4.98 Å². The normalized spacial score (nSPS) is 27.0. The first-order chi connectivity index (χ1) is 22.2. The maximum absolute atomic E-state index is 13.4. The van der Waals surface area contributed by atoms with E-state index >= 15 is 0 Å². The molecule has 4 aliphatic rings. The number of ether oxygens (including phenoxy) is 4. The quantitative estimate of drug-likeness (QED) is 0.250. The van der Waals surface area contributed by atoms with Crippen LogP contribution in [0.5, 0.6) is 17.2 Å². The van der Waals surface area contributed by atoms with E-state index in [1.807, 2.05) is 30.5 Å². The largest absolute Gasteiger partial charge is 0.496 e. The number of aromatic nitrogens is 1. The Morgan fingerprint density at radius 2 is 2.04 bits per heavy atom. The molecule has 10 nitrogen and oxygen atoms in total. The fraction of sp³-hybridized carbons (Fsp3) is 0.417. The lowest BCUT2D eigenvalue weighted by molar-refractivity contribution is -0.141. The van der Waals surface area contributed by atoms with Gasteiger partial charge in [0, 0.05) is 41.1 Å². The number of aliphatic hydroxyl groups is 2. The van der Waals surface area contributed by atoms with Crippen LogP contribution in [0.3, 0.4) is 0 Å². The number of carbonyl (C=O) groups is 3. The molecule has 7 rings (SSSR count). The summed E-state index contributed by atoms with van der Waals surface area (Å²) in [5.41, 5.74) is 3.36. The number of allylic oxidation sites excluding steroid dienone is 3. The molecule has 3 aromatic rings. The summed E-state index contributed by atoms with van der Waals surface area (Å²) in [4.78, 5) is 42.9. The average molecular weight is 628 g/mol. The van der Waals surface area contributed by atoms with Crippen LogP contribution < -0.4 is 14.2 Å². The molecule has 3 N–H and O–H groups in total. The first-order valence-electron chi connectivity index (χ1n) is 15.9. The van der Waals surface area contributed by atoms with Crippen LogP contribution in [0.25, 0.3) is 16.5 Å². The van der Waals surface area contributed by atoms with Gasteiger partial charge in [-0.05, 0) is 75.1 Å². The molecule has 46 heavy (non-hydrogen) atoms. The minimum absolute atomic E-state index is 0.00313. The minimum Gasteiger partial charge on any atom is -0.496 e. The molecule has 0 radical (unpaired) electrons. The summed E-state index contributed by atoms with van der Waals surface area (Å²) in [6, 6.07) is 7.86. The zero-order chi connectivity index (χ0) is 32.3. The van der Waals surface area contributed by atoms with Crippen molar-refractivity contribution >= 4 is 34.5 Å². The number of benzene rings is 2. The van der Waals surface area contributed by atoms with Crippen LogP contribution in [-0.2, 0) is 25.7 Å². The molecular formula is C36H37NO9. The van der Waals surface area contributed by atoms with Crippen LogP contribution >= 0.6 is 0 Å². The van der Waals surface area contributed by atoms with E-state index in [0.717, 1.165) is 34.9 Å². The van der Waals surface area contributed by atoms with E-state index in [-0.39, 0.29) is 41.8 Å². The van der Waals surface area contributed by atoms with Crippen LogP contribution in [0.15, 0.2) is 47.4 Å². The van der Waals surface area contributed by atoms with Crippen LogP contribution in [0, 0.1) is 0 Å². The van der Waals surface area contributed by atoms with Gasteiger partial charge < -0.3 is 34.1 Å². The minimum atomic E-state index is -1.12. The summed E-state index contributed by atoms with van der Waals surface area (Å²) < 4.78 is 24.1. The Morgan fingerprint density at radius 1 is 1.22 bits per heavy atom. The van der Waals surface area contributed by atoms with Gasteiger partial charge in [-0.3, -0.25) is 9.59 Å². The van der Waals surface area contributed by atoms with Crippen molar-refractivity contribution in [2.24, 2.45) is 0 Å². The van der Waals surface area contributed by atoms with Crippen LogP contribution in [0.2, 0.25) is 0 Å². The molecule has 0 bridgehead atoms. The number of rotatable bonds is 6. The number of aromatic amines is 1. The van der Waals surface area contributed by atoms with Gasteiger partial charge in [-0.25, -0.2) is 4.79 Å². The number of Topliss-reactive ketones (excluding diaryl/α,β-unsaturated/α-hetero) is 1. The third-order valence-corrected chi connectivity index (χ3v) is 10.0. The summed E-state index contributed by atoms with van der Waals surface area (Å²) in [6.07, 6.45) is 4.80. The Labute approximate surface area is 266 Å². The molecule has 0 spiro atoms. The van der Waals surface area contributed by atoms with Gasteiger partial charge >= 0.3 is 5.97 Å². The van der Waals surface area contributed by atoms with Gasteiger partial charge in [-0.15, -0.1) is 0 Å². The number of aliphatic hydroxyl groups excluding tert-OH is 1. The van der Waals surface area contributed by atoms with E-state index in [1.54, 1.807) is 13.8 Å². The Hall–Kier alpha value is -4.41. The van der Waals surface area contributed by atoms with Crippen molar-refractivity contribution in [3.63, 3.8) is 0 Å². The first kappa shape index (κ1) is 30.3. The van der Waals surface area contributed by atoms with Crippen LogP contribution in [0.4, 0.5) is 0 Å². The summed E-state index contributed by atoms with van der Waals surface area (Å²) in [7, 11) is 1.52. The molecule has 2 saturated carbocycles. The summed E-state index contributed by atoms with van der Waals surface area (Å²) in [5, 5.41) is 23.1. The lowest BCUT2D eigenvalue weighted by atomic mass is 9.72. The number of esters is 1. The maximum Gasteiger partial charge on any atom is 0.375 e. The fourth-order valence-corrected chi connectivity index (χ4v) is 7.93. The predicted molar refractivity (Wildman–Crippen MR) is 168 cm³/mol. The molecule has 2 aliphatic carbocycles. The van der Waals surface area contributed by atoms with Gasteiger partial charge in [0.2, 0.25) is 5.76 Å². The van der Waals surface area contributed by atoms with E-state index in [9.17, 15) is 24.6 Å². The number of fused-ring (bicyclic) bond motifs is 5. The number of H-pyrrole nitrogens is 1. The summed E-state index contributed by atoms with van der Waals surface area (Å²) in [5.74, 6) is -0.850. The number of methoxy groups -OCH3 is 1. The highest BCUT2D eigenvalue weighted by Gasteiger charge is 2.52. The second kappa shape index (κ2) is 11.4. The third kappa shape index (κ3) is 4.57. The van der Waals surface area contributed by atoms with Crippen LogP contribution in [-0.4, -0.2) is 58.7 Å². The average Bonchev–Trinajstić information content (AvgIpc) is 3.68. The molecule has 1 aromatic heterocycles. The van der Waals surface area contributed by atoms with Gasteiger partial charge in [0.1, 0.15) is 29.1 Å². The van der Waals surface area contributed by atoms with Crippen molar-refractivity contribution in [3.8, 4) is 17.2 Å². The fourth-order valence-electron chi connectivity index (χ4n) is 7.93.